The van der Waals surface area contributed by atoms with Crippen molar-refractivity contribution in [1.29, 1.82) is 0 Å². The van der Waals surface area contributed by atoms with Crippen LogP contribution in [0.5, 0.6) is 0 Å². The van der Waals surface area contributed by atoms with Crippen molar-refractivity contribution in [2.75, 3.05) is 13.2 Å². The summed E-state index contributed by atoms with van der Waals surface area (Å²) in [6, 6.07) is 6.16. The Morgan fingerprint density at radius 2 is 1.29 bits per heavy atom. The molecule has 2 aromatic heterocycles. The summed E-state index contributed by atoms with van der Waals surface area (Å²) in [6.07, 6.45) is 6.60. The Bertz CT molecular complexity index is 636. The summed E-state index contributed by atoms with van der Waals surface area (Å²) in [5, 5.41) is 16.7. The molecule has 0 radical (unpaired) electrons. The maximum atomic E-state index is 10.2. The van der Waals surface area contributed by atoms with Gasteiger partial charge in [-0.2, -0.15) is 0 Å². The van der Waals surface area contributed by atoms with Crippen molar-refractivity contribution in [3.8, 4) is 0 Å². The van der Waals surface area contributed by atoms with E-state index in [-0.39, 0.29) is 11.1 Å². The van der Waals surface area contributed by atoms with E-state index in [1.807, 2.05) is 0 Å². The molecule has 1 aliphatic rings. The number of carbonyl (C=O) groups is 2. The second-order valence-corrected chi connectivity index (χ2v) is 10.1. The minimum absolute atomic E-state index is 0.220. The van der Waals surface area contributed by atoms with Crippen LogP contribution in [-0.4, -0.2) is 57.5 Å². The molecule has 10 heteroatoms. The average Bonchev–Trinajstić information content (AvgIpc) is 2.76. The van der Waals surface area contributed by atoms with E-state index in [1.165, 1.54) is 44.8 Å². The normalized spacial score (nSPS) is 18.0. The number of hydrogen-bond donors (Lipinski definition) is 2. The molecule has 0 aromatic carbocycles. The zero-order chi connectivity index (χ0) is 20.8. The molecule has 3 heterocycles. The monoisotopic (exact) mass is 764 g/mol. The van der Waals surface area contributed by atoms with Crippen molar-refractivity contribution >= 4 is 11.9 Å². The fourth-order valence-corrected chi connectivity index (χ4v) is 4.49. The SMILES string of the molecule is O=C(O)c1cccnc1.O=C(O)c1cccnc1.[Hg][CH2]C1COC([CH2][Hg])CO1. The number of aromatic nitrogens is 2. The molecule has 8 nitrogen and oxygen atoms in total. The summed E-state index contributed by atoms with van der Waals surface area (Å²) in [5.41, 5.74) is 0.440. The van der Waals surface area contributed by atoms with E-state index in [0.717, 1.165) is 65.5 Å². The van der Waals surface area contributed by atoms with E-state index >= 15 is 0 Å². The molecular formula is C18H20Hg2N2O6. The van der Waals surface area contributed by atoms with Crippen LogP contribution >= 0.6 is 0 Å². The van der Waals surface area contributed by atoms with Crippen molar-refractivity contribution in [3.63, 3.8) is 0 Å². The van der Waals surface area contributed by atoms with Crippen molar-refractivity contribution in [2.24, 2.45) is 0 Å². The number of carboxylic acids is 2. The minimum atomic E-state index is -0.942. The number of aromatic carboxylic acids is 2. The number of hydrogen-bond acceptors (Lipinski definition) is 6. The number of rotatable bonds is 4. The summed E-state index contributed by atoms with van der Waals surface area (Å²) in [6.45, 7) is 1.73. The van der Waals surface area contributed by atoms with E-state index in [2.05, 4.69) is 9.97 Å². The third kappa shape index (κ3) is 10.5. The molecule has 2 N–H and O–H groups in total. The van der Waals surface area contributed by atoms with Crippen molar-refractivity contribution in [3.05, 3.63) is 60.2 Å². The van der Waals surface area contributed by atoms with Gasteiger partial charge in [-0.05, 0) is 24.3 Å². The standard InChI is InChI=1S/2C6H5NO2.C6H10O2.2Hg/c2*8-6(9)5-2-1-3-7-4-5;1-5-3-8-6(2)4-7-5;;/h2*1-4H,(H,8,9);5-6H,1-4H2;;. The predicted molar refractivity (Wildman–Crippen MR) is 91.5 cm³/mol. The zero-order valence-electron chi connectivity index (χ0n) is 15.4. The zero-order valence-corrected chi connectivity index (χ0v) is 26.4. The van der Waals surface area contributed by atoms with Gasteiger partial charge in [0.15, 0.2) is 0 Å². The second-order valence-electron chi connectivity index (χ2n) is 5.58. The van der Waals surface area contributed by atoms with Crippen molar-refractivity contribution in [2.45, 2.75) is 20.1 Å². The second kappa shape index (κ2) is 14.9. The van der Waals surface area contributed by atoms with Gasteiger partial charge in [0.1, 0.15) is 0 Å². The van der Waals surface area contributed by atoms with E-state index in [1.54, 1.807) is 12.1 Å². The first-order chi connectivity index (χ1) is 13.5. The van der Waals surface area contributed by atoms with Gasteiger partial charge in [0.05, 0.1) is 11.1 Å². The van der Waals surface area contributed by atoms with Gasteiger partial charge in [-0.15, -0.1) is 0 Å². The molecule has 3 rings (SSSR count). The van der Waals surface area contributed by atoms with Gasteiger partial charge in [-0.3, -0.25) is 9.97 Å². The first-order valence-electron chi connectivity index (χ1n) is 8.56. The van der Waals surface area contributed by atoms with Crippen molar-refractivity contribution in [1.82, 2.24) is 9.97 Å². The molecule has 28 heavy (non-hydrogen) atoms. The molecule has 2 atom stereocenters. The summed E-state index contributed by atoms with van der Waals surface area (Å²) in [5.74, 6) is -1.88. The Labute approximate surface area is 195 Å². The van der Waals surface area contributed by atoms with Crippen LogP contribution in [0.4, 0.5) is 0 Å². The molecule has 0 bridgehead atoms. The molecule has 0 spiro atoms. The number of nitrogens with zero attached hydrogens (tertiary/aromatic N) is 2. The van der Waals surface area contributed by atoms with Crippen LogP contribution in [0.15, 0.2) is 49.1 Å². The number of pyridine rings is 2. The Morgan fingerprint density at radius 3 is 1.46 bits per heavy atom. The molecule has 0 saturated carbocycles. The Balaban J connectivity index is 0.000000210. The quantitative estimate of drug-likeness (QED) is 0.457. The molecular weight excluding hydrogens is 741 g/mol. The summed E-state index contributed by atoms with van der Waals surface area (Å²) >= 11 is 1.74. The number of ether oxygens (including phenoxy) is 2. The van der Waals surface area contributed by atoms with Crippen LogP contribution in [0.25, 0.3) is 0 Å². The van der Waals surface area contributed by atoms with E-state index in [0.29, 0.717) is 12.2 Å². The van der Waals surface area contributed by atoms with Crippen LogP contribution in [0, 0.1) is 0 Å². The van der Waals surface area contributed by atoms with Crippen LogP contribution < -0.4 is 0 Å². The third-order valence-electron chi connectivity index (χ3n) is 3.50. The molecule has 2 aromatic rings. The molecule has 0 amide bonds. The topological polar surface area (TPSA) is 119 Å². The van der Waals surface area contributed by atoms with Gasteiger partial charge in [0.25, 0.3) is 0 Å². The van der Waals surface area contributed by atoms with E-state index < -0.39 is 11.9 Å². The molecule has 142 valence electrons. The van der Waals surface area contributed by atoms with Gasteiger partial charge < -0.3 is 10.2 Å². The van der Waals surface area contributed by atoms with Crippen LogP contribution in [0.3, 0.4) is 0 Å². The maximum absolute atomic E-state index is 10.2. The summed E-state index contributed by atoms with van der Waals surface area (Å²) in [4.78, 5) is 27.6. The Kier molecular flexibility index (Phi) is 13.4. The van der Waals surface area contributed by atoms with Gasteiger partial charge in [-0.25, -0.2) is 9.59 Å². The van der Waals surface area contributed by atoms with Crippen LogP contribution in [0.1, 0.15) is 20.7 Å². The average molecular weight is 762 g/mol. The fourth-order valence-electron chi connectivity index (χ4n) is 1.89. The van der Waals surface area contributed by atoms with Gasteiger partial charge >= 0.3 is 107 Å². The number of carboxylic acid groups (broad SMARTS) is 2. The van der Waals surface area contributed by atoms with Crippen LogP contribution in [-0.2, 0) is 61.7 Å². The van der Waals surface area contributed by atoms with Gasteiger partial charge in [0, 0.05) is 24.8 Å². The third-order valence-corrected chi connectivity index (χ3v) is 8.50. The fraction of sp³-hybridized carbons (Fsp3) is 0.333. The summed E-state index contributed by atoms with van der Waals surface area (Å²) < 4.78 is 13.7. The first-order valence-corrected chi connectivity index (χ1v) is 16.3. The van der Waals surface area contributed by atoms with Gasteiger partial charge in [0.2, 0.25) is 0 Å². The van der Waals surface area contributed by atoms with Gasteiger partial charge in [-0.1, -0.05) is 0 Å². The van der Waals surface area contributed by atoms with E-state index in [4.69, 9.17) is 19.7 Å². The Morgan fingerprint density at radius 1 is 0.893 bits per heavy atom. The van der Waals surface area contributed by atoms with Crippen LogP contribution in [0.2, 0.25) is 7.86 Å². The summed E-state index contributed by atoms with van der Waals surface area (Å²) in [7, 11) is 0. The molecule has 2 unspecified atom stereocenters. The van der Waals surface area contributed by atoms with Crippen molar-refractivity contribution < 1.29 is 81.5 Å². The first kappa shape index (κ1) is 25.1. The molecule has 0 aliphatic carbocycles. The molecule has 1 saturated heterocycles. The predicted octanol–water partition coefficient (Wildman–Crippen LogP) is 2.26. The Hall–Kier alpha value is -0.970. The van der Waals surface area contributed by atoms with E-state index in [9.17, 15) is 9.59 Å². The molecule has 1 aliphatic heterocycles. The molecule has 1 fully saturated rings.